The van der Waals surface area contributed by atoms with Gasteiger partial charge in [0.2, 0.25) is 0 Å². The number of urea groups is 1. The maximum absolute atomic E-state index is 11.7. The van der Waals surface area contributed by atoms with Crippen molar-refractivity contribution in [2.45, 2.75) is 39.5 Å². The van der Waals surface area contributed by atoms with Crippen molar-refractivity contribution >= 4 is 12.0 Å². The van der Waals surface area contributed by atoms with Gasteiger partial charge >= 0.3 is 12.0 Å². The Kier molecular flexibility index (Phi) is 9.88. The Morgan fingerprint density at radius 1 is 1.26 bits per heavy atom. The predicted molar refractivity (Wildman–Crippen MR) is 73.0 cm³/mol. The zero-order valence-electron chi connectivity index (χ0n) is 11.9. The second kappa shape index (κ2) is 10.6. The van der Waals surface area contributed by atoms with Gasteiger partial charge in [0.15, 0.2) is 0 Å². The monoisotopic (exact) mass is 274 g/mol. The van der Waals surface area contributed by atoms with Crippen molar-refractivity contribution in [2.24, 2.45) is 5.92 Å². The maximum Gasteiger partial charge on any atom is 0.317 e. The summed E-state index contributed by atoms with van der Waals surface area (Å²) in [4.78, 5) is 23.8. The van der Waals surface area contributed by atoms with Crippen LogP contribution in [-0.4, -0.2) is 53.4 Å². The molecule has 19 heavy (non-hydrogen) atoms. The fraction of sp³-hybridized carbons (Fsp3) is 0.846. The summed E-state index contributed by atoms with van der Waals surface area (Å²) in [6.07, 6.45) is 2.53. The van der Waals surface area contributed by atoms with E-state index in [1.165, 1.54) is 4.90 Å². The van der Waals surface area contributed by atoms with E-state index in [4.69, 9.17) is 10.2 Å². The van der Waals surface area contributed by atoms with Crippen LogP contribution in [0.1, 0.15) is 39.5 Å². The van der Waals surface area contributed by atoms with Gasteiger partial charge < -0.3 is 20.4 Å². The van der Waals surface area contributed by atoms with Crippen molar-refractivity contribution in [1.29, 1.82) is 0 Å². The molecule has 0 spiro atoms. The molecule has 0 saturated carbocycles. The third-order valence-corrected chi connectivity index (χ3v) is 3.21. The number of carbonyl (C=O) groups excluding carboxylic acids is 1. The van der Waals surface area contributed by atoms with Crippen molar-refractivity contribution < 1.29 is 19.8 Å². The first kappa shape index (κ1) is 17.7. The Hall–Kier alpha value is -1.30. The molecule has 6 heteroatoms. The second-order valence-corrected chi connectivity index (χ2v) is 4.53. The Morgan fingerprint density at radius 2 is 1.95 bits per heavy atom. The molecule has 0 aromatic rings. The van der Waals surface area contributed by atoms with Crippen LogP contribution in [0.25, 0.3) is 0 Å². The van der Waals surface area contributed by atoms with E-state index in [2.05, 4.69) is 5.32 Å². The summed E-state index contributed by atoms with van der Waals surface area (Å²) in [6, 6.07) is -0.176. The Morgan fingerprint density at radius 3 is 2.42 bits per heavy atom. The number of carbonyl (C=O) groups is 2. The number of hydrogen-bond donors (Lipinski definition) is 3. The molecule has 0 rings (SSSR count). The van der Waals surface area contributed by atoms with Crippen LogP contribution in [0.3, 0.4) is 0 Å². The molecule has 112 valence electrons. The van der Waals surface area contributed by atoms with Crippen LogP contribution in [0.2, 0.25) is 0 Å². The van der Waals surface area contributed by atoms with Gasteiger partial charge in [-0.2, -0.15) is 0 Å². The van der Waals surface area contributed by atoms with Gasteiger partial charge in [0.25, 0.3) is 0 Å². The zero-order valence-corrected chi connectivity index (χ0v) is 11.9. The Labute approximate surface area is 114 Å². The van der Waals surface area contributed by atoms with Gasteiger partial charge in [0.05, 0.1) is 6.61 Å². The minimum absolute atomic E-state index is 0.0442. The molecule has 1 atom stereocenters. The van der Waals surface area contributed by atoms with Gasteiger partial charge in [-0.15, -0.1) is 0 Å². The van der Waals surface area contributed by atoms with Crippen molar-refractivity contribution in [3.05, 3.63) is 0 Å². The highest BCUT2D eigenvalue weighted by atomic mass is 16.4. The fourth-order valence-electron chi connectivity index (χ4n) is 1.90. The first-order valence-corrected chi connectivity index (χ1v) is 6.90. The molecule has 0 aliphatic rings. The van der Waals surface area contributed by atoms with Crippen LogP contribution < -0.4 is 5.32 Å². The Balaban J connectivity index is 3.91. The van der Waals surface area contributed by atoms with E-state index in [0.29, 0.717) is 32.0 Å². The van der Waals surface area contributed by atoms with E-state index in [1.54, 1.807) is 0 Å². The molecule has 0 radical (unpaired) electrons. The average molecular weight is 274 g/mol. The van der Waals surface area contributed by atoms with Gasteiger partial charge in [0, 0.05) is 26.1 Å². The summed E-state index contributed by atoms with van der Waals surface area (Å²) in [5, 5.41) is 20.2. The van der Waals surface area contributed by atoms with E-state index in [1.807, 2.05) is 13.8 Å². The molecule has 0 aromatic heterocycles. The number of aliphatic hydroxyl groups excluding tert-OH is 1. The molecule has 0 aliphatic heterocycles. The SMILES string of the molecule is CCC(CCNC(=O)N(CC)CCO)CCC(=O)O. The minimum atomic E-state index is -0.775. The summed E-state index contributed by atoms with van der Waals surface area (Å²) >= 11 is 0. The molecule has 0 bridgehead atoms. The number of aliphatic carboxylic acids is 1. The highest BCUT2D eigenvalue weighted by Gasteiger charge is 2.12. The molecule has 2 amide bonds. The first-order chi connectivity index (χ1) is 9.04. The van der Waals surface area contributed by atoms with Crippen LogP contribution in [0, 0.1) is 5.92 Å². The molecule has 0 heterocycles. The zero-order chi connectivity index (χ0) is 14.7. The molecule has 1 unspecified atom stereocenters. The van der Waals surface area contributed by atoms with Gasteiger partial charge in [-0.05, 0) is 25.7 Å². The summed E-state index contributed by atoms with van der Waals surface area (Å²) in [6.45, 7) is 5.27. The smallest absolute Gasteiger partial charge is 0.317 e. The standard InChI is InChI=1S/C13H26N2O4/c1-3-11(5-6-12(17)18)7-8-14-13(19)15(4-2)9-10-16/h11,16H,3-10H2,1-2H3,(H,14,19)(H,17,18). The molecule has 6 nitrogen and oxygen atoms in total. The number of aliphatic hydroxyl groups is 1. The number of likely N-dealkylation sites (N-methyl/N-ethyl adjacent to an activating group) is 1. The van der Waals surface area contributed by atoms with Crippen LogP contribution in [0.15, 0.2) is 0 Å². The van der Waals surface area contributed by atoms with E-state index in [-0.39, 0.29) is 19.1 Å². The molecular formula is C13H26N2O4. The summed E-state index contributed by atoms with van der Waals surface area (Å²) in [5.74, 6) is -0.452. The third kappa shape index (κ3) is 8.42. The lowest BCUT2D eigenvalue weighted by molar-refractivity contribution is -0.137. The van der Waals surface area contributed by atoms with Crippen LogP contribution in [0.4, 0.5) is 4.79 Å². The predicted octanol–water partition coefficient (Wildman–Crippen LogP) is 1.29. The van der Waals surface area contributed by atoms with E-state index in [9.17, 15) is 9.59 Å². The minimum Gasteiger partial charge on any atom is -0.481 e. The maximum atomic E-state index is 11.7. The average Bonchev–Trinajstić information content (AvgIpc) is 2.39. The molecule has 0 aliphatic carbocycles. The molecular weight excluding hydrogens is 248 g/mol. The first-order valence-electron chi connectivity index (χ1n) is 6.90. The summed E-state index contributed by atoms with van der Waals surface area (Å²) in [5.41, 5.74) is 0. The molecule has 3 N–H and O–H groups in total. The number of carboxylic acid groups (broad SMARTS) is 1. The summed E-state index contributed by atoms with van der Waals surface area (Å²) in [7, 11) is 0. The van der Waals surface area contributed by atoms with Gasteiger partial charge in [-0.3, -0.25) is 4.79 Å². The van der Waals surface area contributed by atoms with Gasteiger partial charge in [-0.25, -0.2) is 4.79 Å². The number of nitrogens with zero attached hydrogens (tertiary/aromatic N) is 1. The van der Waals surface area contributed by atoms with Crippen LogP contribution >= 0.6 is 0 Å². The third-order valence-electron chi connectivity index (χ3n) is 3.21. The van der Waals surface area contributed by atoms with Crippen LogP contribution in [-0.2, 0) is 4.79 Å². The number of nitrogens with one attached hydrogen (secondary N) is 1. The number of amides is 2. The van der Waals surface area contributed by atoms with E-state index >= 15 is 0 Å². The quantitative estimate of drug-likeness (QED) is 0.560. The lowest BCUT2D eigenvalue weighted by Gasteiger charge is -2.21. The Bertz CT molecular complexity index is 271. The summed E-state index contributed by atoms with van der Waals surface area (Å²) < 4.78 is 0. The lowest BCUT2D eigenvalue weighted by atomic mass is 9.97. The molecule has 0 saturated heterocycles. The van der Waals surface area contributed by atoms with Crippen molar-refractivity contribution in [2.75, 3.05) is 26.2 Å². The highest BCUT2D eigenvalue weighted by molar-refractivity contribution is 5.74. The largest absolute Gasteiger partial charge is 0.481 e. The van der Waals surface area contributed by atoms with Crippen molar-refractivity contribution in [3.63, 3.8) is 0 Å². The number of hydrogen-bond acceptors (Lipinski definition) is 3. The van der Waals surface area contributed by atoms with Gasteiger partial charge in [-0.1, -0.05) is 13.3 Å². The second-order valence-electron chi connectivity index (χ2n) is 4.53. The number of carboxylic acids is 1. The topological polar surface area (TPSA) is 89.9 Å². The van der Waals surface area contributed by atoms with Crippen molar-refractivity contribution in [3.8, 4) is 0 Å². The van der Waals surface area contributed by atoms with E-state index < -0.39 is 5.97 Å². The molecule has 0 fully saturated rings. The van der Waals surface area contributed by atoms with Crippen molar-refractivity contribution in [1.82, 2.24) is 10.2 Å². The highest BCUT2D eigenvalue weighted by Crippen LogP contribution is 2.14. The lowest BCUT2D eigenvalue weighted by Crippen LogP contribution is -2.42. The van der Waals surface area contributed by atoms with Crippen LogP contribution in [0.5, 0.6) is 0 Å². The fourth-order valence-corrected chi connectivity index (χ4v) is 1.90. The molecule has 0 aromatic carbocycles. The number of rotatable bonds is 10. The van der Waals surface area contributed by atoms with E-state index in [0.717, 1.165) is 12.8 Å². The van der Waals surface area contributed by atoms with Gasteiger partial charge in [0.1, 0.15) is 0 Å². The normalized spacial score (nSPS) is 11.9.